The Morgan fingerprint density at radius 1 is 1.26 bits per heavy atom. The number of hydrogen-bond donors (Lipinski definition) is 1. The van der Waals surface area contributed by atoms with Gasteiger partial charge in [-0.25, -0.2) is 0 Å². The number of benzene rings is 1. The Hall–Kier alpha value is -1.72. The average molecular weight is 375 g/mol. The smallest absolute Gasteiger partial charge is 0.253 e. The van der Waals surface area contributed by atoms with Crippen molar-refractivity contribution in [3.05, 3.63) is 64.4 Å². The molecule has 0 spiro atoms. The third-order valence-electron chi connectivity index (χ3n) is 4.04. The zero-order valence-electron chi connectivity index (χ0n) is 12.7. The topological polar surface area (TPSA) is 51.2 Å². The van der Waals surface area contributed by atoms with Gasteiger partial charge in [0.15, 0.2) is 0 Å². The molecule has 1 heterocycles. The number of amides is 1. The monoisotopic (exact) mass is 374 g/mol. The summed E-state index contributed by atoms with van der Waals surface area (Å²) in [5.41, 5.74) is 1.72. The van der Waals surface area contributed by atoms with E-state index in [1.807, 2.05) is 18.2 Å². The van der Waals surface area contributed by atoms with Gasteiger partial charge < -0.3 is 10.1 Å². The minimum atomic E-state index is -0.0981. The molecule has 1 aliphatic carbocycles. The quantitative estimate of drug-likeness (QED) is 0.867. The van der Waals surface area contributed by atoms with Gasteiger partial charge in [-0.2, -0.15) is 0 Å². The van der Waals surface area contributed by atoms with Gasteiger partial charge in [-0.1, -0.05) is 30.3 Å². The molecule has 1 saturated carbocycles. The lowest BCUT2D eigenvalue weighted by atomic mass is 10.2. The summed E-state index contributed by atoms with van der Waals surface area (Å²) in [6.07, 6.45) is 6.31. The largest absolute Gasteiger partial charge is 0.371 e. The second-order valence-electron chi connectivity index (χ2n) is 5.74. The van der Waals surface area contributed by atoms with E-state index in [-0.39, 0.29) is 18.1 Å². The van der Waals surface area contributed by atoms with Crippen LogP contribution in [0.25, 0.3) is 0 Å². The molecule has 1 aromatic carbocycles. The summed E-state index contributed by atoms with van der Waals surface area (Å²) in [5.74, 6) is -0.0981. The van der Waals surface area contributed by atoms with Gasteiger partial charge in [0.1, 0.15) is 0 Å². The van der Waals surface area contributed by atoms with E-state index in [4.69, 9.17) is 4.74 Å². The molecule has 3 rings (SSSR count). The van der Waals surface area contributed by atoms with E-state index in [2.05, 4.69) is 38.4 Å². The normalized spacial score (nSPS) is 20.4. The highest BCUT2D eigenvalue weighted by Crippen LogP contribution is 2.24. The molecule has 1 fully saturated rings. The number of carbonyl (C=O) groups excluding carboxylic acids is 1. The molecule has 0 bridgehead atoms. The van der Waals surface area contributed by atoms with Gasteiger partial charge in [0.05, 0.1) is 24.3 Å². The zero-order valence-corrected chi connectivity index (χ0v) is 14.3. The summed E-state index contributed by atoms with van der Waals surface area (Å²) in [5, 5.41) is 3.08. The standard InChI is InChI=1S/C18H19BrN2O2/c19-15-9-14(10-20-11-15)18(22)21-16-7-4-8-17(16)23-12-13-5-2-1-3-6-13/h1-3,5-6,9-11,16-17H,4,7-8,12H2,(H,21,22)/t16-,17-/m0/s1. The summed E-state index contributed by atoms with van der Waals surface area (Å²) in [7, 11) is 0. The fraction of sp³-hybridized carbons (Fsp3) is 0.333. The molecule has 120 valence electrons. The third-order valence-corrected chi connectivity index (χ3v) is 4.48. The van der Waals surface area contributed by atoms with Crippen molar-refractivity contribution in [1.82, 2.24) is 10.3 Å². The first-order valence-electron chi connectivity index (χ1n) is 7.79. The van der Waals surface area contributed by atoms with E-state index < -0.39 is 0 Å². The van der Waals surface area contributed by atoms with Crippen LogP contribution in [0.4, 0.5) is 0 Å². The number of carbonyl (C=O) groups is 1. The second-order valence-corrected chi connectivity index (χ2v) is 6.65. The first-order chi connectivity index (χ1) is 11.2. The summed E-state index contributed by atoms with van der Waals surface area (Å²) in [6.45, 7) is 0.580. The minimum Gasteiger partial charge on any atom is -0.371 e. The van der Waals surface area contributed by atoms with Gasteiger partial charge in [-0.05, 0) is 46.8 Å². The van der Waals surface area contributed by atoms with Crippen molar-refractivity contribution < 1.29 is 9.53 Å². The highest BCUT2D eigenvalue weighted by molar-refractivity contribution is 9.10. The zero-order chi connectivity index (χ0) is 16.1. The fourth-order valence-electron chi connectivity index (χ4n) is 2.86. The molecule has 0 radical (unpaired) electrons. The average Bonchev–Trinajstić information content (AvgIpc) is 3.01. The Morgan fingerprint density at radius 2 is 2.09 bits per heavy atom. The maximum atomic E-state index is 12.3. The molecule has 0 unspecified atom stereocenters. The lowest BCUT2D eigenvalue weighted by molar-refractivity contribution is 0.0272. The summed E-state index contributed by atoms with van der Waals surface area (Å²) in [6, 6.07) is 11.9. The number of pyridine rings is 1. The maximum Gasteiger partial charge on any atom is 0.253 e. The van der Waals surface area contributed by atoms with Crippen LogP contribution in [0, 0.1) is 0 Å². The van der Waals surface area contributed by atoms with Gasteiger partial charge in [0.2, 0.25) is 0 Å². The van der Waals surface area contributed by atoms with E-state index >= 15 is 0 Å². The van der Waals surface area contributed by atoms with Crippen LogP contribution < -0.4 is 5.32 Å². The lowest BCUT2D eigenvalue weighted by Crippen LogP contribution is -2.41. The van der Waals surface area contributed by atoms with Crippen molar-refractivity contribution in [2.75, 3.05) is 0 Å². The van der Waals surface area contributed by atoms with Crippen molar-refractivity contribution in [2.24, 2.45) is 0 Å². The predicted octanol–water partition coefficient (Wildman–Crippen LogP) is 3.71. The van der Waals surface area contributed by atoms with Gasteiger partial charge in [0, 0.05) is 16.9 Å². The maximum absolute atomic E-state index is 12.3. The number of aromatic nitrogens is 1. The van der Waals surface area contributed by atoms with Crippen LogP contribution in [0.1, 0.15) is 35.2 Å². The summed E-state index contributed by atoms with van der Waals surface area (Å²) >= 11 is 3.34. The lowest BCUT2D eigenvalue weighted by Gasteiger charge is -2.21. The van der Waals surface area contributed by atoms with E-state index in [0.29, 0.717) is 12.2 Å². The van der Waals surface area contributed by atoms with Crippen LogP contribution in [0.5, 0.6) is 0 Å². The molecule has 2 atom stereocenters. The summed E-state index contributed by atoms with van der Waals surface area (Å²) < 4.78 is 6.82. The molecule has 1 aliphatic rings. The molecule has 1 N–H and O–H groups in total. The van der Waals surface area contributed by atoms with Crippen molar-refractivity contribution in [3.8, 4) is 0 Å². The van der Waals surface area contributed by atoms with Gasteiger partial charge in [0.25, 0.3) is 5.91 Å². The van der Waals surface area contributed by atoms with E-state index in [1.54, 1.807) is 18.5 Å². The van der Waals surface area contributed by atoms with Crippen LogP contribution >= 0.6 is 15.9 Å². The van der Waals surface area contributed by atoms with Crippen LogP contribution in [0.2, 0.25) is 0 Å². The number of nitrogens with one attached hydrogen (secondary N) is 1. The number of hydrogen-bond acceptors (Lipinski definition) is 3. The van der Waals surface area contributed by atoms with Crippen molar-refractivity contribution in [3.63, 3.8) is 0 Å². The number of ether oxygens (including phenoxy) is 1. The number of nitrogens with zero attached hydrogens (tertiary/aromatic N) is 1. The predicted molar refractivity (Wildman–Crippen MR) is 92.1 cm³/mol. The Bertz CT molecular complexity index is 663. The molecular formula is C18H19BrN2O2. The Labute approximate surface area is 144 Å². The minimum absolute atomic E-state index is 0.0604. The van der Waals surface area contributed by atoms with Crippen molar-refractivity contribution in [2.45, 2.75) is 38.0 Å². The molecule has 0 aliphatic heterocycles. The fourth-order valence-corrected chi connectivity index (χ4v) is 3.22. The van der Waals surface area contributed by atoms with Gasteiger partial charge in [-0.3, -0.25) is 9.78 Å². The molecule has 4 nitrogen and oxygen atoms in total. The summed E-state index contributed by atoms with van der Waals surface area (Å²) in [4.78, 5) is 16.4. The molecule has 23 heavy (non-hydrogen) atoms. The molecule has 2 aromatic rings. The van der Waals surface area contributed by atoms with Gasteiger partial charge >= 0.3 is 0 Å². The van der Waals surface area contributed by atoms with Crippen LogP contribution in [0.15, 0.2) is 53.3 Å². The first kappa shape index (κ1) is 16.1. The van der Waals surface area contributed by atoms with Crippen LogP contribution in [-0.4, -0.2) is 23.0 Å². The van der Waals surface area contributed by atoms with E-state index in [1.165, 1.54) is 0 Å². The highest BCUT2D eigenvalue weighted by Gasteiger charge is 2.29. The van der Waals surface area contributed by atoms with E-state index in [0.717, 1.165) is 29.3 Å². The van der Waals surface area contributed by atoms with Crippen molar-refractivity contribution >= 4 is 21.8 Å². The number of rotatable bonds is 5. The molecule has 0 saturated heterocycles. The molecule has 1 amide bonds. The van der Waals surface area contributed by atoms with E-state index in [9.17, 15) is 4.79 Å². The Balaban J connectivity index is 1.57. The van der Waals surface area contributed by atoms with Crippen LogP contribution in [0.3, 0.4) is 0 Å². The second kappa shape index (κ2) is 7.70. The molecular weight excluding hydrogens is 356 g/mol. The Morgan fingerprint density at radius 3 is 2.87 bits per heavy atom. The number of halogens is 1. The highest BCUT2D eigenvalue weighted by atomic mass is 79.9. The first-order valence-corrected chi connectivity index (χ1v) is 8.58. The van der Waals surface area contributed by atoms with Gasteiger partial charge in [-0.15, -0.1) is 0 Å². The molecule has 5 heteroatoms. The van der Waals surface area contributed by atoms with Crippen molar-refractivity contribution in [1.29, 1.82) is 0 Å². The van der Waals surface area contributed by atoms with Crippen LogP contribution in [-0.2, 0) is 11.3 Å². The Kier molecular flexibility index (Phi) is 5.41. The third kappa shape index (κ3) is 4.39. The SMILES string of the molecule is O=C(N[C@H]1CCC[C@@H]1OCc1ccccc1)c1cncc(Br)c1. The molecule has 1 aromatic heterocycles.